The van der Waals surface area contributed by atoms with Crippen LogP contribution in [0, 0.1) is 6.92 Å². The van der Waals surface area contributed by atoms with Crippen LogP contribution in [-0.2, 0) is 0 Å². The van der Waals surface area contributed by atoms with E-state index in [-0.39, 0.29) is 11.3 Å². The van der Waals surface area contributed by atoms with E-state index in [0.29, 0.717) is 47.8 Å². The number of halogens is 3. The summed E-state index contributed by atoms with van der Waals surface area (Å²) < 4.78 is 41.1. The van der Waals surface area contributed by atoms with Gasteiger partial charge in [-0.2, -0.15) is 5.10 Å². The van der Waals surface area contributed by atoms with E-state index in [1.807, 2.05) is 4.90 Å². The largest absolute Gasteiger partial charge is 0.573 e. The quantitative estimate of drug-likeness (QED) is 0.553. The van der Waals surface area contributed by atoms with Crippen LogP contribution in [0.4, 0.5) is 24.7 Å². The van der Waals surface area contributed by atoms with Crippen LogP contribution in [0.15, 0.2) is 42.7 Å². The predicted molar refractivity (Wildman–Crippen MR) is 110 cm³/mol. The number of aliphatic hydroxyl groups is 1. The van der Waals surface area contributed by atoms with Crippen LogP contribution in [0.3, 0.4) is 0 Å². The van der Waals surface area contributed by atoms with Crippen molar-refractivity contribution >= 4 is 17.4 Å². The topological polar surface area (TPSA) is 103 Å². The fraction of sp³-hybridized carbons (Fsp3) is 0.286. The number of hydrogen-bond donors (Lipinski definition) is 3. The van der Waals surface area contributed by atoms with Crippen molar-refractivity contribution in [1.29, 1.82) is 0 Å². The van der Waals surface area contributed by atoms with Gasteiger partial charge in [0.15, 0.2) is 0 Å². The molecule has 32 heavy (non-hydrogen) atoms. The molecule has 1 saturated heterocycles. The third-order valence-corrected chi connectivity index (χ3v) is 5.06. The van der Waals surface area contributed by atoms with Crippen molar-refractivity contribution in [2.24, 2.45) is 0 Å². The molecule has 8 nitrogen and oxygen atoms in total. The maximum Gasteiger partial charge on any atom is 0.573 e. The van der Waals surface area contributed by atoms with Crippen LogP contribution < -0.4 is 15.0 Å². The fourth-order valence-corrected chi connectivity index (χ4v) is 3.54. The minimum Gasteiger partial charge on any atom is -0.406 e. The fourth-order valence-electron chi connectivity index (χ4n) is 3.54. The molecule has 3 aromatic rings. The Kier molecular flexibility index (Phi) is 5.74. The highest BCUT2D eigenvalue weighted by Gasteiger charge is 2.31. The number of carbonyl (C=O) groups excluding carboxylic acids is 1. The Morgan fingerprint density at radius 2 is 2.12 bits per heavy atom. The lowest BCUT2D eigenvalue weighted by atomic mass is 10.1. The summed E-state index contributed by atoms with van der Waals surface area (Å²) in [7, 11) is 0. The number of ether oxygens (including phenoxy) is 1. The van der Waals surface area contributed by atoms with E-state index in [0.717, 1.165) is 6.07 Å². The Morgan fingerprint density at radius 3 is 2.75 bits per heavy atom. The molecule has 0 bridgehead atoms. The first-order valence-corrected chi connectivity index (χ1v) is 9.80. The third kappa shape index (κ3) is 4.83. The van der Waals surface area contributed by atoms with Crippen LogP contribution in [-0.4, -0.2) is 51.8 Å². The molecule has 1 amide bonds. The van der Waals surface area contributed by atoms with Gasteiger partial charge in [-0.1, -0.05) is 0 Å². The standard InChI is InChI=1S/C21H20F3N5O3/c1-12-8-15(32-21(22,23)24)2-3-17(12)27-20(31)13-9-16(18-4-6-26-28-18)19(25-10-13)29-7-5-14(30)11-29/h2-4,6,8-10,14,30H,5,7,11H2,1H3,(H,26,28)(H,27,31)/t14-/m1/s1. The van der Waals surface area contributed by atoms with Crippen molar-refractivity contribution in [3.05, 3.63) is 53.9 Å². The Hall–Kier alpha value is -3.60. The number of aryl methyl sites for hydroxylation is 1. The number of pyridine rings is 1. The summed E-state index contributed by atoms with van der Waals surface area (Å²) in [5.74, 6) is -0.223. The number of β-amino-alcohol motifs (C(OH)–C–C–N with tert-alkyl or cyclic N) is 1. The van der Waals surface area contributed by atoms with E-state index in [9.17, 15) is 23.1 Å². The number of rotatable bonds is 5. The number of aromatic nitrogens is 3. The molecular formula is C21H20F3N5O3. The van der Waals surface area contributed by atoms with Gasteiger partial charge in [0.1, 0.15) is 11.6 Å². The molecule has 1 fully saturated rings. The van der Waals surface area contributed by atoms with Crippen molar-refractivity contribution in [1.82, 2.24) is 15.2 Å². The molecule has 0 radical (unpaired) electrons. The maximum absolute atomic E-state index is 12.8. The molecule has 0 saturated carbocycles. The summed E-state index contributed by atoms with van der Waals surface area (Å²) in [5.41, 5.74) is 2.32. The van der Waals surface area contributed by atoms with Gasteiger partial charge >= 0.3 is 6.36 Å². The first kappa shape index (κ1) is 21.6. The first-order chi connectivity index (χ1) is 15.2. The average molecular weight is 447 g/mol. The molecule has 0 unspecified atom stereocenters. The number of benzene rings is 1. The number of nitrogens with zero attached hydrogens (tertiary/aromatic N) is 3. The summed E-state index contributed by atoms with van der Waals surface area (Å²) >= 11 is 0. The SMILES string of the molecule is Cc1cc(OC(F)(F)F)ccc1NC(=O)c1cnc(N2CC[C@@H](O)C2)c(-c2ccn[nH]2)c1. The van der Waals surface area contributed by atoms with E-state index in [1.165, 1.54) is 18.3 Å². The predicted octanol–water partition coefficient (Wildman–Crippen LogP) is 3.50. The molecule has 1 atom stereocenters. The Morgan fingerprint density at radius 1 is 1.31 bits per heavy atom. The number of alkyl halides is 3. The second-order valence-corrected chi connectivity index (χ2v) is 7.43. The molecule has 4 rings (SSSR count). The lowest BCUT2D eigenvalue weighted by molar-refractivity contribution is -0.274. The minimum absolute atomic E-state index is 0.258. The van der Waals surface area contributed by atoms with Gasteiger partial charge in [0.25, 0.3) is 5.91 Å². The highest BCUT2D eigenvalue weighted by atomic mass is 19.4. The van der Waals surface area contributed by atoms with Gasteiger partial charge in [0.2, 0.25) is 0 Å². The highest BCUT2D eigenvalue weighted by Crippen LogP contribution is 2.31. The Bertz CT molecular complexity index is 1120. The number of nitrogens with one attached hydrogen (secondary N) is 2. The number of amides is 1. The zero-order valence-electron chi connectivity index (χ0n) is 17.0. The van der Waals surface area contributed by atoms with Crippen molar-refractivity contribution < 1.29 is 27.8 Å². The second-order valence-electron chi connectivity index (χ2n) is 7.43. The molecule has 0 spiro atoms. The first-order valence-electron chi connectivity index (χ1n) is 9.80. The van der Waals surface area contributed by atoms with Gasteiger partial charge in [0.05, 0.1) is 17.4 Å². The summed E-state index contributed by atoms with van der Waals surface area (Å²) in [6.07, 6.45) is -1.61. The molecule has 3 heterocycles. The van der Waals surface area contributed by atoms with Gasteiger partial charge in [0, 0.05) is 36.7 Å². The molecule has 11 heteroatoms. The lowest BCUT2D eigenvalue weighted by Gasteiger charge is -2.20. The van der Waals surface area contributed by atoms with Crippen molar-refractivity contribution in [3.63, 3.8) is 0 Å². The summed E-state index contributed by atoms with van der Waals surface area (Å²) in [5, 5.41) is 19.4. The van der Waals surface area contributed by atoms with Gasteiger partial charge in [-0.3, -0.25) is 9.89 Å². The maximum atomic E-state index is 12.8. The van der Waals surface area contributed by atoms with Crippen LogP contribution in [0.5, 0.6) is 5.75 Å². The van der Waals surface area contributed by atoms with E-state index in [4.69, 9.17) is 0 Å². The summed E-state index contributed by atoms with van der Waals surface area (Å²) in [6, 6.07) is 7.08. The zero-order chi connectivity index (χ0) is 22.9. The Balaban J connectivity index is 1.58. The lowest BCUT2D eigenvalue weighted by Crippen LogP contribution is -2.23. The van der Waals surface area contributed by atoms with E-state index < -0.39 is 18.4 Å². The van der Waals surface area contributed by atoms with Crippen molar-refractivity contribution in [2.45, 2.75) is 25.8 Å². The van der Waals surface area contributed by atoms with Crippen LogP contribution in [0.25, 0.3) is 11.3 Å². The Labute approximate surface area is 181 Å². The number of hydrogen-bond acceptors (Lipinski definition) is 6. The van der Waals surface area contributed by atoms with Crippen molar-refractivity contribution in [3.8, 4) is 17.0 Å². The zero-order valence-corrected chi connectivity index (χ0v) is 17.0. The number of carbonyl (C=O) groups is 1. The highest BCUT2D eigenvalue weighted by molar-refractivity contribution is 6.05. The van der Waals surface area contributed by atoms with Gasteiger partial charge < -0.3 is 20.1 Å². The number of anilines is 2. The summed E-state index contributed by atoms with van der Waals surface area (Å²) in [4.78, 5) is 19.2. The molecular weight excluding hydrogens is 427 g/mol. The molecule has 1 aliphatic heterocycles. The van der Waals surface area contributed by atoms with Gasteiger partial charge in [-0.05, 0) is 49.2 Å². The van der Waals surface area contributed by atoms with Crippen LogP contribution in [0.2, 0.25) is 0 Å². The summed E-state index contributed by atoms with van der Waals surface area (Å²) in [6.45, 7) is 2.63. The normalized spacial score (nSPS) is 16.3. The number of aromatic amines is 1. The smallest absolute Gasteiger partial charge is 0.406 e. The molecule has 1 aromatic carbocycles. The van der Waals surface area contributed by atoms with E-state index >= 15 is 0 Å². The monoisotopic (exact) mass is 447 g/mol. The molecule has 0 aliphatic carbocycles. The van der Waals surface area contributed by atoms with Crippen LogP contribution >= 0.6 is 0 Å². The van der Waals surface area contributed by atoms with Crippen LogP contribution in [0.1, 0.15) is 22.3 Å². The minimum atomic E-state index is -4.79. The third-order valence-electron chi connectivity index (χ3n) is 5.06. The number of aliphatic hydroxyl groups excluding tert-OH is 1. The van der Waals surface area contributed by atoms with E-state index in [1.54, 1.807) is 25.3 Å². The molecule has 3 N–H and O–H groups in total. The van der Waals surface area contributed by atoms with Crippen molar-refractivity contribution in [2.75, 3.05) is 23.3 Å². The molecule has 1 aliphatic rings. The number of H-pyrrole nitrogens is 1. The molecule has 168 valence electrons. The molecule has 2 aromatic heterocycles. The van der Waals surface area contributed by atoms with Gasteiger partial charge in [-0.25, -0.2) is 4.98 Å². The van der Waals surface area contributed by atoms with E-state index in [2.05, 4.69) is 25.2 Å². The average Bonchev–Trinajstić information content (AvgIpc) is 3.40. The second kappa shape index (κ2) is 8.50. The van der Waals surface area contributed by atoms with Gasteiger partial charge in [-0.15, -0.1) is 13.2 Å².